The molecule has 0 saturated heterocycles. The summed E-state index contributed by atoms with van der Waals surface area (Å²) < 4.78 is 5.81. The van der Waals surface area contributed by atoms with Gasteiger partial charge in [-0.3, -0.25) is 0 Å². The molecule has 0 atom stereocenters. The molecular weight excluding hydrogens is 262 g/mol. The number of hydrogen-bond acceptors (Lipinski definition) is 3. The van der Waals surface area contributed by atoms with Gasteiger partial charge >= 0.3 is 0 Å². The van der Waals surface area contributed by atoms with Crippen LogP contribution in [-0.4, -0.2) is 10.1 Å². The van der Waals surface area contributed by atoms with Crippen molar-refractivity contribution in [2.75, 3.05) is 0 Å². The average Bonchev–Trinajstić information content (AvgIpc) is 2.85. The highest BCUT2D eigenvalue weighted by atomic mass is 16.3. The van der Waals surface area contributed by atoms with Gasteiger partial charge in [0.05, 0.1) is 11.1 Å². The predicted molar refractivity (Wildman–Crippen MR) is 83.4 cm³/mol. The van der Waals surface area contributed by atoms with Gasteiger partial charge in [0, 0.05) is 17.0 Å². The SMILES string of the molecule is Cc1cc(-c2ccccc2)nc2oc3cc(O)ccc3c12. The quantitative estimate of drug-likeness (QED) is 0.549. The Morgan fingerprint density at radius 2 is 1.81 bits per heavy atom. The van der Waals surface area contributed by atoms with Crippen molar-refractivity contribution in [2.24, 2.45) is 0 Å². The molecule has 3 heteroatoms. The summed E-state index contributed by atoms with van der Waals surface area (Å²) in [7, 11) is 0. The van der Waals surface area contributed by atoms with Crippen LogP contribution < -0.4 is 0 Å². The summed E-state index contributed by atoms with van der Waals surface area (Å²) in [6, 6.07) is 17.3. The van der Waals surface area contributed by atoms with Gasteiger partial charge in [-0.05, 0) is 30.7 Å². The Morgan fingerprint density at radius 3 is 2.62 bits per heavy atom. The van der Waals surface area contributed by atoms with Crippen LogP contribution in [-0.2, 0) is 0 Å². The van der Waals surface area contributed by atoms with Crippen LogP contribution in [0.15, 0.2) is 59.0 Å². The topological polar surface area (TPSA) is 46.3 Å². The zero-order valence-electron chi connectivity index (χ0n) is 11.5. The first-order chi connectivity index (χ1) is 10.2. The first-order valence-electron chi connectivity index (χ1n) is 6.81. The van der Waals surface area contributed by atoms with E-state index in [9.17, 15) is 5.11 Å². The molecule has 21 heavy (non-hydrogen) atoms. The molecule has 0 bridgehead atoms. The van der Waals surface area contributed by atoms with E-state index in [0.29, 0.717) is 11.3 Å². The zero-order chi connectivity index (χ0) is 14.4. The molecule has 0 unspecified atom stereocenters. The van der Waals surface area contributed by atoms with Gasteiger partial charge in [-0.25, -0.2) is 4.98 Å². The summed E-state index contributed by atoms with van der Waals surface area (Å²) >= 11 is 0. The second kappa shape index (κ2) is 4.35. The van der Waals surface area contributed by atoms with E-state index in [1.807, 2.05) is 36.4 Å². The molecule has 3 nitrogen and oxygen atoms in total. The number of rotatable bonds is 1. The number of aryl methyl sites for hydroxylation is 1. The highest BCUT2D eigenvalue weighted by Crippen LogP contribution is 2.34. The van der Waals surface area contributed by atoms with Gasteiger partial charge < -0.3 is 9.52 Å². The first kappa shape index (κ1) is 12.0. The van der Waals surface area contributed by atoms with Gasteiger partial charge in [0.15, 0.2) is 0 Å². The maximum absolute atomic E-state index is 9.58. The summed E-state index contributed by atoms with van der Waals surface area (Å²) in [5.74, 6) is 0.197. The van der Waals surface area contributed by atoms with E-state index in [-0.39, 0.29) is 5.75 Å². The van der Waals surface area contributed by atoms with Crippen molar-refractivity contribution in [3.63, 3.8) is 0 Å². The molecule has 0 aliphatic rings. The Kier molecular flexibility index (Phi) is 2.48. The highest BCUT2D eigenvalue weighted by Gasteiger charge is 2.13. The molecule has 0 radical (unpaired) electrons. The fourth-order valence-electron chi connectivity index (χ4n) is 2.71. The fourth-order valence-corrected chi connectivity index (χ4v) is 2.71. The molecule has 0 amide bonds. The van der Waals surface area contributed by atoms with E-state index in [1.54, 1.807) is 12.1 Å². The first-order valence-corrected chi connectivity index (χ1v) is 6.81. The Hall–Kier alpha value is -2.81. The smallest absolute Gasteiger partial charge is 0.228 e. The lowest BCUT2D eigenvalue weighted by Gasteiger charge is -2.03. The molecule has 1 N–H and O–H groups in total. The van der Waals surface area contributed by atoms with E-state index >= 15 is 0 Å². The number of aromatic hydroxyl groups is 1. The molecule has 4 aromatic rings. The standard InChI is InChI=1S/C18H13NO2/c1-11-9-15(12-5-3-2-4-6-12)19-18-17(11)14-8-7-13(20)10-16(14)21-18/h2-10,20H,1H3. The lowest BCUT2D eigenvalue weighted by molar-refractivity contribution is 0.475. The minimum Gasteiger partial charge on any atom is -0.508 e. The van der Waals surface area contributed by atoms with Crippen LogP contribution in [0.4, 0.5) is 0 Å². The van der Waals surface area contributed by atoms with Crippen LogP contribution in [0.3, 0.4) is 0 Å². The van der Waals surface area contributed by atoms with Crippen molar-refractivity contribution in [3.8, 4) is 17.0 Å². The lowest BCUT2D eigenvalue weighted by atomic mass is 10.1. The highest BCUT2D eigenvalue weighted by molar-refractivity contribution is 6.06. The number of pyridine rings is 1. The maximum atomic E-state index is 9.58. The van der Waals surface area contributed by atoms with Gasteiger partial charge in [0.25, 0.3) is 0 Å². The predicted octanol–water partition coefficient (Wildman–Crippen LogP) is 4.66. The fraction of sp³-hybridized carbons (Fsp3) is 0.0556. The third-order valence-corrected chi connectivity index (χ3v) is 3.69. The Morgan fingerprint density at radius 1 is 1.00 bits per heavy atom. The Balaban J connectivity index is 2.04. The Bertz CT molecular complexity index is 955. The van der Waals surface area contributed by atoms with E-state index in [0.717, 1.165) is 27.6 Å². The maximum Gasteiger partial charge on any atom is 0.228 e. The van der Waals surface area contributed by atoms with Gasteiger partial charge in [0.2, 0.25) is 5.71 Å². The number of aromatic nitrogens is 1. The van der Waals surface area contributed by atoms with Crippen LogP contribution in [0.5, 0.6) is 5.75 Å². The lowest BCUT2D eigenvalue weighted by Crippen LogP contribution is -1.86. The average molecular weight is 275 g/mol. The molecule has 0 aliphatic carbocycles. The van der Waals surface area contributed by atoms with Gasteiger partial charge in [-0.1, -0.05) is 30.3 Å². The molecule has 0 fully saturated rings. The van der Waals surface area contributed by atoms with Gasteiger partial charge in [-0.2, -0.15) is 0 Å². The van der Waals surface area contributed by atoms with E-state index in [1.165, 1.54) is 0 Å². The van der Waals surface area contributed by atoms with Gasteiger partial charge in [0.1, 0.15) is 11.3 Å². The Labute approximate surface area is 121 Å². The van der Waals surface area contributed by atoms with Crippen LogP contribution in [0.2, 0.25) is 0 Å². The molecular formula is C18H13NO2. The molecule has 0 aliphatic heterocycles. The van der Waals surface area contributed by atoms with E-state index in [4.69, 9.17) is 4.42 Å². The normalized spacial score (nSPS) is 11.3. The summed E-state index contributed by atoms with van der Waals surface area (Å²) in [4.78, 5) is 4.62. The molecule has 2 heterocycles. The number of benzene rings is 2. The molecule has 4 rings (SSSR count). The molecule has 2 aromatic heterocycles. The minimum absolute atomic E-state index is 0.197. The van der Waals surface area contributed by atoms with E-state index < -0.39 is 0 Å². The number of fused-ring (bicyclic) bond motifs is 3. The third-order valence-electron chi connectivity index (χ3n) is 3.69. The second-order valence-electron chi connectivity index (χ2n) is 5.15. The molecule has 0 saturated carbocycles. The number of nitrogens with zero attached hydrogens (tertiary/aromatic N) is 1. The van der Waals surface area contributed by atoms with Crippen molar-refractivity contribution >= 4 is 22.1 Å². The summed E-state index contributed by atoms with van der Waals surface area (Å²) in [5, 5.41) is 11.6. The minimum atomic E-state index is 0.197. The molecule has 0 spiro atoms. The second-order valence-corrected chi connectivity index (χ2v) is 5.15. The summed E-state index contributed by atoms with van der Waals surface area (Å²) in [6.45, 7) is 2.05. The summed E-state index contributed by atoms with van der Waals surface area (Å²) in [6.07, 6.45) is 0. The monoisotopic (exact) mass is 275 g/mol. The van der Waals surface area contributed by atoms with Crippen LogP contribution in [0.1, 0.15) is 5.56 Å². The number of phenolic OH excluding ortho intramolecular Hbond substituents is 1. The van der Waals surface area contributed by atoms with E-state index in [2.05, 4.69) is 18.0 Å². The number of furan rings is 1. The van der Waals surface area contributed by atoms with Gasteiger partial charge in [-0.15, -0.1) is 0 Å². The van der Waals surface area contributed by atoms with Crippen LogP contribution in [0.25, 0.3) is 33.3 Å². The van der Waals surface area contributed by atoms with Crippen LogP contribution >= 0.6 is 0 Å². The van der Waals surface area contributed by atoms with Crippen molar-refractivity contribution in [3.05, 3.63) is 60.2 Å². The van der Waals surface area contributed by atoms with Crippen LogP contribution in [0, 0.1) is 6.92 Å². The van der Waals surface area contributed by atoms with Crippen molar-refractivity contribution in [1.82, 2.24) is 4.98 Å². The number of hydrogen-bond donors (Lipinski definition) is 1. The largest absolute Gasteiger partial charge is 0.508 e. The third kappa shape index (κ3) is 1.86. The molecule has 102 valence electrons. The van der Waals surface area contributed by atoms with Crippen molar-refractivity contribution < 1.29 is 9.52 Å². The summed E-state index contributed by atoms with van der Waals surface area (Å²) in [5.41, 5.74) is 4.33. The number of phenols is 1. The molecule has 2 aromatic carbocycles. The zero-order valence-corrected chi connectivity index (χ0v) is 11.5. The van der Waals surface area contributed by atoms with Crippen molar-refractivity contribution in [1.29, 1.82) is 0 Å². The van der Waals surface area contributed by atoms with Crippen molar-refractivity contribution in [2.45, 2.75) is 6.92 Å².